The molecule has 4 rings (SSSR count). The van der Waals surface area contributed by atoms with Crippen LogP contribution in [0.5, 0.6) is 0 Å². The smallest absolute Gasteiger partial charge is 0.341 e. The average molecular weight is 436 g/mol. The van der Waals surface area contributed by atoms with Crippen LogP contribution in [-0.2, 0) is 17.0 Å². The molecule has 0 atom stereocenters. The van der Waals surface area contributed by atoms with E-state index in [0.717, 1.165) is 16.2 Å². The molecule has 0 aliphatic rings. The van der Waals surface area contributed by atoms with Crippen molar-refractivity contribution in [2.24, 2.45) is 0 Å². The number of nitrogens with zero attached hydrogens (tertiary/aromatic N) is 2. The van der Waals surface area contributed by atoms with Crippen LogP contribution in [0.2, 0.25) is 0 Å². The van der Waals surface area contributed by atoms with Crippen LogP contribution in [0.25, 0.3) is 5.65 Å². The molecule has 1 N–H and O–H groups in total. The van der Waals surface area contributed by atoms with Gasteiger partial charge in [-0.05, 0) is 37.3 Å². The molecule has 0 saturated carbocycles. The topological polar surface area (TPSA) is 85.8 Å². The minimum atomic E-state index is -0.465. The van der Waals surface area contributed by atoms with Crippen LogP contribution >= 0.6 is 11.8 Å². The van der Waals surface area contributed by atoms with Crippen LogP contribution in [0, 0.1) is 6.92 Å². The summed E-state index contributed by atoms with van der Waals surface area (Å²) < 4.78 is 12.3. The minimum Gasteiger partial charge on any atom is -0.465 e. The van der Waals surface area contributed by atoms with Crippen LogP contribution in [0.1, 0.15) is 37.9 Å². The summed E-state index contributed by atoms with van der Waals surface area (Å²) in [7, 11) is 1.32. The second-order valence-corrected chi connectivity index (χ2v) is 7.86. The predicted molar refractivity (Wildman–Crippen MR) is 117 cm³/mol. The van der Waals surface area contributed by atoms with E-state index in [1.165, 1.54) is 7.11 Å². The van der Waals surface area contributed by atoms with Gasteiger partial charge in [-0.1, -0.05) is 18.2 Å². The van der Waals surface area contributed by atoms with Gasteiger partial charge in [0.15, 0.2) is 0 Å². The number of ether oxygens (including phenoxy) is 1. The van der Waals surface area contributed by atoms with E-state index in [-0.39, 0.29) is 12.5 Å². The van der Waals surface area contributed by atoms with Gasteiger partial charge in [0, 0.05) is 23.0 Å². The molecule has 1 aromatic carbocycles. The number of hydrogen-bond donors (Lipinski definition) is 1. The van der Waals surface area contributed by atoms with E-state index in [1.807, 2.05) is 53.2 Å². The summed E-state index contributed by atoms with van der Waals surface area (Å²) in [5, 5.41) is 2.85. The number of thioether (sulfide) groups is 1. The lowest BCUT2D eigenvalue weighted by Gasteiger charge is -2.08. The SMILES string of the molecule is COC(=O)c1cc(CNC(=O)c2ccccc2SCc2cn3ccccc3n2)oc1C. The Bertz CT molecular complexity index is 1210. The van der Waals surface area contributed by atoms with Gasteiger partial charge in [-0.15, -0.1) is 11.8 Å². The number of aromatic nitrogens is 2. The quantitative estimate of drug-likeness (QED) is 0.345. The zero-order chi connectivity index (χ0) is 21.8. The van der Waals surface area contributed by atoms with Gasteiger partial charge >= 0.3 is 5.97 Å². The third-order valence-corrected chi connectivity index (χ3v) is 5.83. The lowest BCUT2D eigenvalue weighted by molar-refractivity contribution is 0.0598. The molecule has 1 amide bonds. The third kappa shape index (κ3) is 4.64. The number of amides is 1. The maximum Gasteiger partial charge on any atom is 0.341 e. The van der Waals surface area contributed by atoms with Gasteiger partial charge in [0.05, 0.1) is 24.9 Å². The van der Waals surface area contributed by atoms with Crippen molar-refractivity contribution in [2.45, 2.75) is 24.1 Å². The molecule has 7 nitrogen and oxygen atoms in total. The maximum atomic E-state index is 12.8. The van der Waals surface area contributed by atoms with Crippen molar-refractivity contribution in [1.29, 1.82) is 0 Å². The normalized spacial score (nSPS) is 10.9. The number of carbonyl (C=O) groups excluding carboxylic acids is 2. The summed E-state index contributed by atoms with van der Waals surface area (Å²) in [5.74, 6) is 0.908. The van der Waals surface area contributed by atoms with Gasteiger partial charge in [0.1, 0.15) is 22.7 Å². The lowest BCUT2D eigenvalue weighted by atomic mass is 10.2. The second-order valence-electron chi connectivity index (χ2n) is 6.84. The highest BCUT2D eigenvalue weighted by molar-refractivity contribution is 7.98. The number of carbonyl (C=O) groups is 2. The Morgan fingerprint density at radius 1 is 1.16 bits per heavy atom. The number of pyridine rings is 1. The third-order valence-electron chi connectivity index (χ3n) is 4.72. The summed E-state index contributed by atoms with van der Waals surface area (Å²) >= 11 is 1.56. The lowest BCUT2D eigenvalue weighted by Crippen LogP contribution is -2.23. The van der Waals surface area contributed by atoms with Crippen LogP contribution in [0.3, 0.4) is 0 Å². The molecule has 0 bridgehead atoms. The van der Waals surface area contributed by atoms with Crippen molar-refractivity contribution in [1.82, 2.24) is 14.7 Å². The van der Waals surface area contributed by atoms with Gasteiger partial charge in [-0.3, -0.25) is 4.79 Å². The summed E-state index contributed by atoms with van der Waals surface area (Å²) in [6, 6.07) is 14.9. The fourth-order valence-corrected chi connectivity index (χ4v) is 4.13. The monoisotopic (exact) mass is 435 g/mol. The number of imidazole rings is 1. The molecular formula is C23H21N3O4S. The van der Waals surface area contributed by atoms with Crippen molar-refractivity contribution in [3.63, 3.8) is 0 Å². The number of benzene rings is 1. The van der Waals surface area contributed by atoms with E-state index < -0.39 is 5.97 Å². The second kappa shape index (κ2) is 9.09. The molecule has 3 heterocycles. The minimum absolute atomic E-state index is 0.169. The molecule has 158 valence electrons. The number of hydrogen-bond acceptors (Lipinski definition) is 6. The molecule has 0 spiro atoms. The Morgan fingerprint density at radius 2 is 1.97 bits per heavy atom. The predicted octanol–water partition coefficient (Wildman–Crippen LogP) is 4.24. The first-order chi connectivity index (χ1) is 15.0. The van der Waals surface area contributed by atoms with E-state index in [2.05, 4.69) is 10.3 Å². The summed E-state index contributed by atoms with van der Waals surface area (Å²) in [4.78, 5) is 30.0. The highest BCUT2D eigenvalue weighted by Crippen LogP contribution is 2.26. The number of furan rings is 1. The molecule has 31 heavy (non-hydrogen) atoms. The van der Waals surface area contributed by atoms with Gasteiger partial charge in [-0.2, -0.15) is 0 Å². The Balaban J connectivity index is 1.42. The molecular weight excluding hydrogens is 414 g/mol. The van der Waals surface area contributed by atoms with Crippen molar-refractivity contribution in [3.05, 3.63) is 89.3 Å². The molecule has 0 unspecified atom stereocenters. The Morgan fingerprint density at radius 3 is 2.77 bits per heavy atom. The molecule has 0 aliphatic carbocycles. The molecule has 0 radical (unpaired) electrons. The zero-order valence-corrected chi connectivity index (χ0v) is 17.9. The van der Waals surface area contributed by atoms with Crippen molar-refractivity contribution in [3.8, 4) is 0 Å². The Kier molecular flexibility index (Phi) is 6.08. The Labute approximate surface area is 183 Å². The number of aryl methyl sites for hydroxylation is 1. The van der Waals surface area contributed by atoms with Gasteiger partial charge < -0.3 is 18.9 Å². The maximum absolute atomic E-state index is 12.8. The molecule has 3 aromatic heterocycles. The standard InChI is InChI=1S/C23H21N3O4S/c1-15-19(23(28)29-2)11-17(30-15)12-24-22(27)18-7-3-4-8-20(18)31-14-16-13-26-10-6-5-9-21(26)25-16/h3-11,13H,12,14H2,1-2H3,(H,24,27). The first kappa shape index (κ1) is 20.7. The van der Waals surface area contributed by atoms with Crippen LogP contribution in [-0.4, -0.2) is 28.4 Å². The molecule has 4 aromatic rings. The van der Waals surface area contributed by atoms with Crippen LogP contribution < -0.4 is 5.32 Å². The zero-order valence-electron chi connectivity index (χ0n) is 17.1. The number of nitrogens with one attached hydrogen (secondary N) is 1. The van der Waals surface area contributed by atoms with Gasteiger partial charge in [0.25, 0.3) is 5.91 Å². The molecule has 0 saturated heterocycles. The van der Waals surface area contributed by atoms with Crippen LogP contribution in [0.4, 0.5) is 0 Å². The van der Waals surface area contributed by atoms with Gasteiger partial charge in [-0.25, -0.2) is 9.78 Å². The van der Waals surface area contributed by atoms with Crippen LogP contribution in [0.15, 0.2) is 70.2 Å². The van der Waals surface area contributed by atoms with Gasteiger partial charge in [0.2, 0.25) is 0 Å². The highest BCUT2D eigenvalue weighted by Gasteiger charge is 2.17. The number of methoxy groups -OCH3 is 1. The Hall–Kier alpha value is -3.52. The number of rotatable bonds is 7. The summed E-state index contributed by atoms with van der Waals surface area (Å²) in [5.41, 5.74) is 2.76. The fraction of sp³-hybridized carbons (Fsp3) is 0.174. The average Bonchev–Trinajstić information content (AvgIpc) is 3.38. The van der Waals surface area contributed by atoms with E-state index in [1.54, 1.807) is 30.8 Å². The molecule has 0 aliphatic heterocycles. The number of fused-ring (bicyclic) bond motifs is 1. The van der Waals surface area contributed by atoms with Crippen molar-refractivity contribution in [2.75, 3.05) is 7.11 Å². The molecule has 8 heteroatoms. The van der Waals surface area contributed by atoms with Crippen molar-refractivity contribution < 1.29 is 18.7 Å². The van der Waals surface area contributed by atoms with E-state index in [4.69, 9.17) is 9.15 Å². The van der Waals surface area contributed by atoms with E-state index in [0.29, 0.717) is 28.4 Å². The van der Waals surface area contributed by atoms with E-state index >= 15 is 0 Å². The molecule has 0 fully saturated rings. The highest BCUT2D eigenvalue weighted by atomic mass is 32.2. The van der Waals surface area contributed by atoms with Crippen molar-refractivity contribution >= 4 is 29.3 Å². The summed E-state index contributed by atoms with van der Waals surface area (Å²) in [6.45, 7) is 1.85. The fourth-order valence-electron chi connectivity index (χ4n) is 3.19. The first-order valence-corrected chi connectivity index (χ1v) is 10.6. The first-order valence-electron chi connectivity index (χ1n) is 9.65. The number of esters is 1. The largest absolute Gasteiger partial charge is 0.465 e. The summed E-state index contributed by atoms with van der Waals surface area (Å²) in [6.07, 6.45) is 3.95. The van der Waals surface area contributed by atoms with E-state index in [9.17, 15) is 9.59 Å².